The molecule has 0 spiro atoms. The van der Waals surface area contributed by atoms with Gasteiger partial charge in [0.05, 0.1) is 6.04 Å². The average Bonchev–Trinajstić information content (AvgIpc) is 2.34. The van der Waals surface area contributed by atoms with E-state index in [4.69, 9.17) is 5.84 Å². The summed E-state index contributed by atoms with van der Waals surface area (Å²) in [5, 5.41) is 0. The quantitative estimate of drug-likeness (QED) is 0.504. The third-order valence-electron chi connectivity index (χ3n) is 1.44. The predicted molar refractivity (Wildman–Crippen MR) is 44.8 cm³/mol. The molecule has 0 aliphatic carbocycles. The van der Waals surface area contributed by atoms with Crippen molar-refractivity contribution in [3.8, 4) is 0 Å². The van der Waals surface area contributed by atoms with Gasteiger partial charge in [0.15, 0.2) is 0 Å². The molecule has 56 valence electrons. The van der Waals surface area contributed by atoms with E-state index in [1.165, 1.54) is 9.75 Å². The van der Waals surface area contributed by atoms with Crippen molar-refractivity contribution in [3.63, 3.8) is 0 Å². The Bertz CT molecular complexity index is 207. The van der Waals surface area contributed by atoms with Gasteiger partial charge >= 0.3 is 0 Å². The molecule has 1 aromatic heterocycles. The maximum absolute atomic E-state index is 5.27. The molecule has 0 unspecified atom stereocenters. The van der Waals surface area contributed by atoms with Crippen LogP contribution in [0.15, 0.2) is 12.1 Å². The van der Waals surface area contributed by atoms with Crippen LogP contribution in [0.5, 0.6) is 0 Å². The average molecular weight is 156 g/mol. The molecule has 1 heterocycles. The number of nitrogens with one attached hydrogen (secondary N) is 1. The molecule has 0 aromatic carbocycles. The number of hydrogen-bond donors (Lipinski definition) is 2. The molecule has 0 radical (unpaired) electrons. The largest absolute Gasteiger partial charge is 0.271 e. The Balaban J connectivity index is 2.74. The molecule has 1 atom stereocenters. The summed E-state index contributed by atoms with van der Waals surface area (Å²) < 4.78 is 0. The van der Waals surface area contributed by atoms with Crippen molar-refractivity contribution in [1.29, 1.82) is 0 Å². The molecule has 0 aliphatic heterocycles. The maximum Gasteiger partial charge on any atom is 0.0525 e. The zero-order chi connectivity index (χ0) is 7.56. The predicted octanol–water partition coefficient (Wildman–Crippen LogP) is 1.58. The lowest BCUT2D eigenvalue weighted by Gasteiger charge is -2.04. The highest BCUT2D eigenvalue weighted by Crippen LogP contribution is 2.21. The number of nitrogens with two attached hydrogens (primary N) is 1. The van der Waals surface area contributed by atoms with Crippen LogP contribution in [-0.4, -0.2) is 0 Å². The molecule has 0 amide bonds. The van der Waals surface area contributed by atoms with Gasteiger partial charge in [-0.3, -0.25) is 11.3 Å². The first-order chi connectivity index (χ1) is 4.74. The van der Waals surface area contributed by atoms with E-state index >= 15 is 0 Å². The zero-order valence-electron chi connectivity index (χ0n) is 6.22. The fraction of sp³-hybridized carbons (Fsp3) is 0.429. The van der Waals surface area contributed by atoms with E-state index in [1.807, 2.05) is 6.92 Å². The van der Waals surface area contributed by atoms with E-state index in [-0.39, 0.29) is 6.04 Å². The number of hydrogen-bond acceptors (Lipinski definition) is 3. The Morgan fingerprint density at radius 1 is 1.60 bits per heavy atom. The molecule has 0 bridgehead atoms. The van der Waals surface area contributed by atoms with E-state index in [0.29, 0.717) is 0 Å². The lowest BCUT2D eigenvalue weighted by Crippen LogP contribution is -2.24. The highest BCUT2D eigenvalue weighted by atomic mass is 32.1. The SMILES string of the molecule is Cc1ccc([C@@H](C)NN)s1. The minimum absolute atomic E-state index is 0.277. The third kappa shape index (κ3) is 1.56. The van der Waals surface area contributed by atoms with Gasteiger partial charge in [-0.25, -0.2) is 0 Å². The first-order valence-corrected chi connectivity index (χ1v) is 4.08. The van der Waals surface area contributed by atoms with E-state index < -0.39 is 0 Å². The standard InChI is InChI=1S/C7H12N2S/c1-5-3-4-7(10-5)6(2)9-8/h3-4,6,9H,8H2,1-2H3/t6-/m1/s1. The Morgan fingerprint density at radius 2 is 2.30 bits per heavy atom. The number of thiophene rings is 1. The van der Waals surface area contributed by atoms with Crippen LogP contribution in [0.4, 0.5) is 0 Å². The molecule has 2 nitrogen and oxygen atoms in total. The van der Waals surface area contributed by atoms with Gasteiger partial charge in [-0.1, -0.05) is 0 Å². The molecular formula is C7H12N2S. The summed E-state index contributed by atoms with van der Waals surface area (Å²) in [6.45, 7) is 4.14. The van der Waals surface area contributed by atoms with Crippen LogP contribution in [-0.2, 0) is 0 Å². The molecule has 0 saturated heterocycles. The molecule has 1 rings (SSSR count). The van der Waals surface area contributed by atoms with E-state index in [0.717, 1.165) is 0 Å². The summed E-state index contributed by atoms with van der Waals surface area (Å²) in [5.41, 5.74) is 2.70. The van der Waals surface area contributed by atoms with Crippen LogP contribution < -0.4 is 11.3 Å². The second kappa shape index (κ2) is 3.14. The molecular weight excluding hydrogens is 144 g/mol. The van der Waals surface area contributed by atoms with E-state index in [9.17, 15) is 0 Å². The summed E-state index contributed by atoms with van der Waals surface area (Å²) in [7, 11) is 0. The Morgan fingerprint density at radius 3 is 2.70 bits per heavy atom. The van der Waals surface area contributed by atoms with Gasteiger partial charge in [0.25, 0.3) is 0 Å². The normalized spacial score (nSPS) is 13.5. The molecule has 10 heavy (non-hydrogen) atoms. The summed E-state index contributed by atoms with van der Waals surface area (Å²) in [5.74, 6) is 5.27. The number of rotatable bonds is 2. The van der Waals surface area contributed by atoms with Crippen LogP contribution in [0.25, 0.3) is 0 Å². The summed E-state index contributed by atoms with van der Waals surface area (Å²) in [6.07, 6.45) is 0. The molecule has 3 N–H and O–H groups in total. The van der Waals surface area contributed by atoms with Crippen LogP contribution in [0.1, 0.15) is 22.7 Å². The van der Waals surface area contributed by atoms with Crippen molar-refractivity contribution in [2.45, 2.75) is 19.9 Å². The smallest absolute Gasteiger partial charge is 0.0525 e. The lowest BCUT2D eigenvalue weighted by atomic mass is 10.3. The van der Waals surface area contributed by atoms with Crippen molar-refractivity contribution in [2.24, 2.45) is 5.84 Å². The van der Waals surface area contributed by atoms with Gasteiger partial charge in [0.2, 0.25) is 0 Å². The summed E-state index contributed by atoms with van der Waals surface area (Å²) in [6, 6.07) is 4.48. The molecule has 3 heteroatoms. The van der Waals surface area contributed by atoms with E-state index in [2.05, 4.69) is 24.5 Å². The Hall–Kier alpha value is -0.380. The minimum atomic E-state index is 0.277. The van der Waals surface area contributed by atoms with Gasteiger partial charge in [-0.05, 0) is 26.0 Å². The lowest BCUT2D eigenvalue weighted by molar-refractivity contribution is 0.612. The van der Waals surface area contributed by atoms with Crippen molar-refractivity contribution in [3.05, 3.63) is 21.9 Å². The first-order valence-electron chi connectivity index (χ1n) is 3.26. The van der Waals surface area contributed by atoms with Crippen molar-refractivity contribution >= 4 is 11.3 Å². The van der Waals surface area contributed by atoms with Crippen molar-refractivity contribution in [2.75, 3.05) is 0 Å². The number of hydrazine groups is 1. The minimum Gasteiger partial charge on any atom is -0.271 e. The second-order valence-corrected chi connectivity index (χ2v) is 3.66. The topological polar surface area (TPSA) is 38.0 Å². The van der Waals surface area contributed by atoms with Crippen LogP contribution in [0.2, 0.25) is 0 Å². The Labute approximate surface area is 65.0 Å². The van der Waals surface area contributed by atoms with Gasteiger partial charge in [-0.2, -0.15) is 0 Å². The van der Waals surface area contributed by atoms with E-state index in [1.54, 1.807) is 11.3 Å². The van der Waals surface area contributed by atoms with Crippen molar-refractivity contribution in [1.82, 2.24) is 5.43 Å². The van der Waals surface area contributed by atoms with Gasteiger partial charge < -0.3 is 0 Å². The van der Waals surface area contributed by atoms with Gasteiger partial charge in [-0.15, -0.1) is 11.3 Å². The van der Waals surface area contributed by atoms with Crippen LogP contribution >= 0.6 is 11.3 Å². The molecule has 1 aromatic rings. The second-order valence-electron chi connectivity index (χ2n) is 2.34. The van der Waals surface area contributed by atoms with Crippen LogP contribution in [0.3, 0.4) is 0 Å². The zero-order valence-corrected chi connectivity index (χ0v) is 7.03. The molecule has 0 fully saturated rings. The summed E-state index contributed by atoms with van der Waals surface area (Å²) in [4.78, 5) is 2.62. The van der Waals surface area contributed by atoms with Gasteiger partial charge in [0, 0.05) is 9.75 Å². The monoisotopic (exact) mass is 156 g/mol. The molecule has 0 saturated carbocycles. The van der Waals surface area contributed by atoms with Crippen molar-refractivity contribution < 1.29 is 0 Å². The van der Waals surface area contributed by atoms with Gasteiger partial charge in [0.1, 0.15) is 0 Å². The fourth-order valence-corrected chi connectivity index (χ4v) is 1.66. The van der Waals surface area contributed by atoms with Crippen LogP contribution in [0, 0.1) is 6.92 Å². The Kier molecular flexibility index (Phi) is 2.43. The third-order valence-corrected chi connectivity index (χ3v) is 2.62. The number of aryl methyl sites for hydroxylation is 1. The highest BCUT2D eigenvalue weighted by Gasteiger charge is 2.03. The first kappa shape index (κ1) is 7.72. The summed E-state index contributed by atoms with van der Waals surface area (Å²) >= 11 is 1.78. The maximum atomic E-state index is 5.27. The fourth-order valence-electron chi connectivity index (χ4n) is 0.768. The highest BCUT2D eigenvalue weighted by molar-refractivity contribution is 7.12. The molecule has 0 aliphatic rings.